The highest BCUT2D eigenvalue weighted by Crippen LogP contribution is 2.40. The van der Waals surface area contributed by atoms with E-state index in [2.05, 4.69) is 21.6 Å². The van der Waals surface area contributed by atoms with Gasteiger partial charge in [0, 0.05) is 22.6 Å². The number of carbonyl (C=O) groups excluding carboxylic acids is 1. The average molecular weight is 416 g/mol. The number of aryl methyl sites for hydroxylation is 2. The number of rotatable bonds is 3. The smallest absolute Gasteiger partial charge is 0.297 e. The van der Waals surface area contributed by atoms with Crippen LogP contribution in [0.5, 0.6) is 0 Å². The quantitative estimate of drug-likeness (QED) is 0.453. The van der Waals surface area contributed by atoms with E-state index < -0.39 is 10.1 Å². The Balaban J connectivity index is 0.000000431. The van der Waals surface area contributed by atoms with Gasteiger partial charge in [0.15, 0.2) is 0 Å². The van der Waals surface area contributed by atoms with Gasteiger partial charge in [-0.25, -0.2) is 0 Å². The highest BCUT2D eigenvalue weighted by Gasteiger charge is 2.34. The molecular weight excluding hydrogens is 392 g/mol. The highest BCUT2D eigenvalue weighted by molar-refractivity contribution is 7.86. The minimum atomic E-state index is -3.76. The summed E-state index contributed by atoms with van der Waals surface area (Å²) >= 11 is 0. The molecule has 154 valence electrons. The molecule has 7 nitrogen and oxygen atoms in total. The van der Waals surface area contributed by atoms with E-state index in [1.807, 2.05) is 26.8 Å². The molecule has 2 aromatic rings. The Morgan fingerprint density at radius 2 is 2.07 bits per heavy atom. The fourth-order valence-electron chi connectivity index (χ4n) is 3.44. The van der Waals surface area contributed by atoms with Gasteiger partial charge in [0.1, 0.15) is 0 Å². The van der Waals surface area contributed by atoms with Gasteiger partial charge in [-0.3, -0.25) is 8.98 Å². The third-order valence-corrected chi connectivity index (χ3v) is 6.05. The van der Waals surface area contributed by atoms with Crippen molar-refractivity contribution in [2.45, 2.75) is 32.1 Å². The van der Waals surface area contributed by atoms with E-state index in [4.69, 9.17) is 4.18 Å². The number of hydrogen-bond acceptors (Lipinski definition) is 5. The molecule has 0 saturated heterocycles. The normalized spacial score (nSPS) is 17.6. The van der Waals surface area contributed by atoms with E-state index >= 15 is 0 Å². The number of amides is 1. The van der Waals surface area contributed by atoms with Crippen LogP contribution in [0.25, 0.3) is 11.6 Å². The Labute approximate surface area is 170 Å². The topological polar surface area (TPSA) is 97.5 Å². The minimum absolute atomic E-state index is 0.0912. The van der Waals surface area contributed by atoms with Gasteiger partial charge in [-0.2, -0.15) is 8.42 Å². The summed E-state index contributed by atoms with van der Waals surface area (Å²) in [5.41, 5.74) is 5.30. The monoisotopic (exact) mass is 416 g/mol. The van der Waals surface area contributed by atoms with Crippen molar-refractivity contribution >= 4 is 33.4 Å². The molecule has 0 saturated carbocycles. The molecule has 1 amide bonds. The number of H-pyrrole nitrogens is 1. The number of benzene rings is 1. The third-order valence-electron chi connectivity index (χ3n) is 4.65. The fraction of sp³-hybridized carbons (Fsp3) is 0.286. The lowest BCUT2D eigenvalue weighted by Gasteiger charge is -2.19. The van der Waals surface area contributed by atoms with Crippen molar-refractivity contribution in [3.05, 3.63) is 59.1 Å². The van der Waals surface area contributed by atoms with Crippen molar-refractivity contribution in [2.75, 3.05) is 18.5 Å². The van der Waals surface area contributed by atoms with Crippen molar-refractivity contribution in [1.82, 2.24) is 4.98 Å². The third kappa shape index (κ3) is 4.13. The molecule has 0 bridgehead atoms. The second kappa shape index (κ2) is 8.26. The van der Waals surface area contributed by atoms with E-state index in [0.29, 0.717) is 28.8 Å². The van der Waals surface area contributed by atoms with Crippen molar-refractivity contribution < 1.29 is 22.1 Å². The number of aromatic amines is 1. The van der Waals surface area contributed by atoms with Crippen LogP contribution in [0, 0.1) is 13.8 Å². The maximum atomic E-state index is 12.4. The largest absolute Gasteiger partial charge is 0.502 e. The predicted octanol–water partition coefficient (Wildman–Crippen LogP) is 3.55. The van der Waals surface area contributed by atoms with E-state index in [1.54, 1.807) is 12.1 Å². The molecule has 3 heterocycles. The summed E-state index contributed by atoms with van der Waals surface area (Å²) in [5.74, 6) is -0.228. The number of nitrogens with one attached hydrogen (secondary N) is 2. The lowest BCUT2D eigenvalue weighted by atomic mass is 9.97. The van der Waals surface area contributed by atoms with E-state index in [0.717, 1.165) is 23.6 Å². The first-order valence-electron chi connectivity index (χ1n) is 9.26. The Morgan fingerprint density at radius 3 is 2.66 bits per heavy atom. The van der Waals surface area contributed by atoms with E-state index in [9.17, 15) is 13.2 Å². The van der Waals surface area contributed by atoms with Crippen LogP contribution < -0.4 is 5.32 Å². The predicted molar refractivity (Wildman–Crippen MR) is 112 cm³/mol. The summed E-state index contributed by atoms with van der Waals surface area (Å²) in [5, 5.41) is 2.81. The minimum Gasteiger partial charge on any atom is -0.502 e. The second-order valence-corrected chi connectivity index (χ2v) is 8.26. The lowest BCUT2D eigenvalue weighted by Crippen LogP contribution is -2.19. The number of ether oxygens (including phenoxy) is 1. The van der Waals surface area contributed by atoms with Crippen LogP contribution in [-0.2, 0) is 30.3 Å². The summed E-state index contributed by atoms with van der Waals surface area (Å²) in [7, 11) is -3.76. The molecule has 0 spiro atoms. The molecule has 2 aliphatic rings. The standard InChI is InChI=1S/C17H16N2O4S.C4H8O/c1-9-7-10(2)18-14(9)8-12-16-11-5-6-23-24(21,22)15(11)4-3-13(16)19-17(12)20;1-3-5-4-2/h3-4,7-8,18H,5-6H2,1-2H3,(H,19,20);3H,1,4H2,2H3/b12-8-;. The molecule has 29 heavy (non-hydrogen) atoms. The molecule has 0 aliphatic carbocycles. The summed E-state index contributed by atoms with van der Waals surface area (Å²) in [6, 6.07) is 5.11. The molecule has 4 rings (SSSR count). The Bertz CT molecular complexity index is 1100. The first-order valence-corrected chi connectivity index (χ1v) is 10.7. The zero-order valence-electron chi connectivity index (χ0n) is 16.7. The fourth-order valence-corrected chi connectivity index (χ4v) is 4.61. The Kier molecular flexibility index (Phi) is 5.95. The van der Waals surface area contributed by atoms with Crippen LogP contribution in [-0.4, -0.2) is 32.5 Å². The highest BCUT2D eigenvalue weighted by atomic mass is 32.2. The van der Waals surface area contributed by atoms with Crippen LogP contribution in [0.4, 0.5) is 5.69 Å². The zero-order chi connectivity index (χ0) is 21.2. The number of hydrogen-bond donors (Lipinski definition) is 2. The molecule has 0 atom stereocenters. The first kappa shape index (κ1) is 20.9. The van der Waals surface area contributed by atoms with Gasteiger partial charge in [0.2, 0.25) is 0 Å². The van der Waals surface area contributed by atoms with Gasteiger partial charge < -0.3 is 15.0 Å². The molecule has 1 aromatic heterocycles. The molecular formula is C21H24N2O5S. The average Bonchev–Trinajstić information content (AvgIpc) is 3.14. The first-order chi connectivity index (χ1) is 13.8. The Morgan fingerprint density at radius 1 is 1.31 bits per heavy atom. The zero-order valence-corrected chi connectivity index (χ0v) is 17.5. The van der Waals surface area contributed by atoms with E-state index in [1.165, 1.54) is 12.3 Å². The van der Waals surface area contributed by atoms with Crippen molar-refractivity contribution in [2.24, 2.45) is 0 Å². The maximum absolute atomic E-state index is 12.4. The van der Waals surface area contributed by atoms with Crippen LogP contribution in [0.2, 0.25) is 0 Å². The number of anilines is 1. The molecule has 2 N–H and O–H groups in total. The Hall–Kier alpha value is -2.84. The van der Waals surface area contributed by atoms with Crippen LogP contribution in [0.15, 0.2) is 35.9 Å². The second-order valence-electron chi connectivity index (χ2n) is 6.67. The SMILES string of the molecule is C=COCC.Cc1cc(C)c(/C=C2\C(=O)Nc3ccc4c(c32)CCOS4(=O)=O)[nH]1. The van der Waals surface area contributed by atoms with Gasteiger partial charge in [0.25, 0.3) is 16.0 Å². The van der Waals surface area contributed by atoms with Gasteiger partial charge in [-0.1, -0.05) is 6.58 Å². The summed E-state index contributed by atoms with van der Waals surface area (Å²) in [6.45, 7) is 9.97. The van der Waals surface area contributed by atoms with E-state index in [-0.39, 0.29) is 17.4 Å². The van der Waals surface area contributed by atoms with Gasteiger partial charge in [-0.15, -0.1) is 0 Å². The molecule has 0 radical (unpaired) electrons. The van der Waals surface area contributed by atoms with Crippen LogP contribution >= 0.6 is 0 Å². The molecule has 8 heteroatoms. The summed E-state index contributed by atoms with van der Waals surface area (Å²) in [6.07, 6.45) is 3.67. The molecule has 2 aliphatic heterocycles. The summed E-state index contributed by atoms with van der Waals surface area (Å²) in [4.78, 5) is 15.8. The van der Waals surface area contributed by atoms with Crippen LogP contribution in [0.3, 0.4) is 0 Å². The van der Waals surface area contributed by atoms with Gasteiger partial charge in [0.05, 0.1) is 29.9 Å². The van der Waals surface area contributed by atoms with Crippen LogP contribution in [0.1, 0.15) is 35.0 Å². The van der Waals surface area contributed by atoms with Crippen molar-refractivity contribution in [3.63, 3.8) is 0 Å². The number of carbonyl (C=O) groups is 1. The molecule has 0 fully saturated rings. The lowest BCUT2D eigenvalue weighted by molar-refractivity contribution is -0.110. The molecule has 1 aromatic carbocycles. The maximum Gasteiger partial charge on any atom is 0.297 e. The molecule has 0 unspecified atom stereocenters. The van der Waals surface area contributed by atoms with Crippen molar-refractivity contribution in [1.29, 1.82) is 0 Å². The van der Waals surface area contributed by atoms with Gasteiger partial charge >= 0.3 is 0 Å². The van der Waals surface area contributed by atoms with Crippen molar-refractivity contribution in [3.8, 4) is 0 Å². The summed E-state index contributed by atoms with van der Waals surface area (Å²) < 4.78 is 33.7. The number of fused-ring (bicyclic) bond motifs is 3. The number of aromatic nitrogens is 1. The van der Waals surface area contributed by atoms with Gasteiger partial charge in [-0.05, 0) is 62.6 Å².